The summed E-state index contributed by atoms with van der Waals surface area (Å²) in [6.45, 7) is 1.87. The van der Waals surface area contributed by atoms with Crippen molar-refractivity contribution >= 4 is 60.3 Å². The molecule has 11 heteroatoms. The lowest BCUT2D eigenvalue weighted by atomic mass is 10.0. The second-order valence-corrected chi connectivity index (χ2v) is 12.3. The number of nitrogens with one attached hydrogen (secondary N) is 2. The van der Waals surface area contributed by atoms with Gasteiger partial charge in [0.05, 0.1) is 39.6 Å². The van der Waals surface area contributed by atoms with Crippen molar-refractivity contribution in [2.75, 3.05) is 15.9 Å². The average Bonchev–Trinajstić information content (AvgIpc) is 3.61. The molecule has 6 rings (SSSR count). The first-order chi connectivity index (χ1) is 18.3. The lowest BCUT2D eigenvalue weighted by Gasteiger charge is -2.29. The van der Waals surface area contributed by atoms with Gasteiger partial charge in [0, 0.05) is 18.1 Å². The van der Waals surface area contributed by atoms with E-state index >= 15 is 0 Å². The van der Waals surface area contributed by atoms with Gasteiger partial charge in [-0.25, -0.2) is 13.4 Å². The summed E-state index contributed by atoms with van der Waals surface area (Å²) in [6.07, 6.45) is 4.94. The Morgan fingerprint density at radius 1 is 1.05 bits per heavy atom. The van der Waals surface area contributed by atoms with Crippen molar-refractivity contribution in [1.82, 2.24) is 19.9 Å². The van der Waals surface area contributed by atoms with Crippen LogP contribution in [0.5, 0.6) is 0 Å². The molecule has 3 aromatic heterocycles. The smallest absolute Gasteiger partial charge is 0.229 e. The number of hydrogen-bond acceptors (Lipinski definition) is 6. The summed E-state index contributed by atoms with van der Waals surface area (Å²) in [6, 6.07) is 23.2. The normalized spacial score (nSPS) is 17.6. The van der Waals surface area contributed by atoms with Crippen LogP contribution >= 0.6 is 23.6 Å². The number of hydrogen-bond donors (Lipinski definition) is 2. The molecule has 0 unspecified atom stereocenters. The van der Waals surface area contributed by atoms with E-state index in [0.29, 0.717) is 10.8 Å². The minimum Gasteiger partial charge on any atom is -0.351 e. The van der Waals surface area contributed by atoms with Gasteiger partial charge in [0.2, 0.25) is 10.0 Å². The number of fused-ring (bicyclic) bond motifs is 1. The maximum Gasteiger partial charge on any atom is 0.229 e. The fourth-order valence-corrected chi connectivity index (χ4v) is 6.76. The molecule has 38 heavy (non-hydrogen) atoms. The van der Waals surface area contributed by atoms with Crippen LogP contribution in [0.1, 0.15) is 29.0 Å². The Kier molecular flexibility index (Phi) is 6.13. The van der Waals surface area contributed by atoms with E-state index in [1.165, 1.54) is 0 Å². The molecule has 0 saturated carbocycles. The lowest BCUT2D eigenvalue weighted by molar-refractivity contribution is 0.549. The summed E-state index contributed by atoms with van der Waals surface area (Å²) in [7, 11) is -3.40. The largest absolute Gasteiger partial charge is 0.351 e. The first-order valence-corrected chi connectivity index (χ1v) is 15.0. The van der Waals surface area contributed by atoms with Crippen molar-refractivity contribution in [3.05, 3.63) is 102 Å². The zero-order valence-corrected chi connectivity index (χ0v) is 23.0. The number of thiocarbonyl (C=S) groups is 1. The van der Waals surface area contributed by atoms with Gasteiger partial charge in [0.15, 0.2) is 10.2 Å². The van der Waals surface area contributed by atoms with Gasteiger partial charge in [-0.05, 0) is 79.3 Å². The molecule has 0 amide bonds. The van der Waals surface area contributed by atoms with Crippen LogP contribution in [0.25, 0.3) is 15.3 Å². The number of para-hydroxylation sites is 1. The molecule has 4 heterocycles. The van der Waals surface area contributed by atoms with E-state index in [1.54, 1.807) is 23.6 Å². The third-order valence-corrected chi connectivity index (χ3v) is 8.39. The van der Waals surface area contributed by atoms with E-state index in [1.807, 2.05) is 67.7 Å². The molecule has 8 nitrogen and oxygen atoms in total. The number of rotatable bonds is 6. The molecular formula is C27H24N6O2S3. The molecule has 2 aromatic carbocycles. The van der Waals surface area contributed by atoms with Gasteiger partial charge in [-0.2, -0.15) is 0 Å². The fourth-order valence-electron chi connectivity index (χ4n) is 4.82. The molecule has 0 radical (unpaired) electrons. The van der Waals surface area contributed by atoms with Crippen LogP contribution in [0.4, 0.5) is 11.4 Å². The standard InChI is InChI=1S/C27H24N6O2S3/c1-17-16-18(12-13-19(17)31-38(2,34)35)33-25(24(30-26(33)36)21-9-5-6-14-28-21)22-10-7-15-32(22)27-29-20-8-3-4-11-23(20)37-27/h3-16,24-25,31H,1-2H3,(H,30,36)/t24-,25-/m1/s1. The first-order valence-electron chi connectivity index (χ1n) is 11.9. The van der Waals surface area contributed by atoms with E-state index < -0.39 is 10.0 Å². The number of nitrogens with zero attached hydrogens (tertiary/aromatic N) is 4. The van der Waals surface area contributed by atoms with Crippen molar-refractivity contribution in [3.8, 4) is 5.13 Å². The van der Waals surface area contributed by atoms with E-state index in [9.17, 15) is 8.42 Å². The second-order valence-electron chi connectivity index (χ2n) is 9.14. The number of thiazole rings is 1. The summed E-state index contributed by atoms with van der Waals surface area (Å²) < 4.78 is 29.5. The predicted molar refractivity (Wildman–Crippen MR) is 157 cm³/mol. The molecule has 0 bridgehead atoms. The minimum absolute atomic E-state index is 0.221. The Balaban J connectivity index is 1.48. The third-order valence-electron chi connectivity index (χ3n) is 6.45. The molecule has 1 fully saturated rings. The fraction of sp³-hybridized carbons (Fsp3) is 0.148. The van der Waals surface area contributed by atoms with Crippen LogP contribution in [0.3, 0.4) is 0 Å². The number of pyridine rings is 1. The molecular weight excluding hydrogens is 537 g/mol. The number of aromatic nitrogens is 3. The zero-order valence-electron chi connectivity index (χ0n) is 20.6. The van der Waals surface area contributed by atoms with Gasteiger partial charge in [0.25, 0.3) is 0 Å². The zero-order chi connectivity index (χ0) is 26.4. The van der Waals surface area contributed by atoms with Crippen LogP contribution in [0, 0.1) is 6.92 Å². The van der Waals surface area contributed by atoms with E-state index in [2.05, 4.69) is 36.6 Å². The third kappa shape index (κ3) is 4.53. The summed E-state index contributed by atoms with van der Waals surface area (Å²) in [5.74, 6) is 0. The van der Waals surface area contributed by atoms with Crippen LogP contribution in [0.15, 0.2) is 85.2 Å². The molecule has 1 saturated heterocycles. The topological polar surface area (TPSA) is 92.2 Å². The number of sulfonamides is 1. The summed E-state index contributed by atoms with van der Waals surface area (Å²) >= 11 is 7.51. The highest BCUT2D eigenvalue weighted by atomic mass is 32.2. The number of benzene rings is 2. The van der Waals surface area contributed by atoms with Crippen molar-refractivity contribution in [2.45, 2.75) is 19.0 Å². The minimum atomic E-state index is -3.40. The predicted octanol–water partition coefficient (Wildman–Crippen LogP) is 5.34. The van der Waals surface area contributed by atoms with Crippen molar-refractivity contribution in [3.63, 3.8) is 0 Å². The van der Waals surface area contributed by atoms with E-state index in [4.69, 9.17) is 17.2 Å². The van der Waals surface area contributed by atoms with Crippen LogP contribution in [-0.2, 0) is 10.0 Å². The highest BCUT2D eigenvalue weighted by Crippen LogP contribution is 2.43. The summed E-state index contributed by atoms with van der Waals surface area (Å²) in [5, 5.41) is 4.92. The number of aryl methyl sites for hydroxylation is 1. The van der Waals surface area contributed by atoms with Gasteiger partial charge in [0.1, 0.15) is 6.04 Å². The summed E-state index contributed by atoms with van der Waals surface area (Å²) in [5.41, 5.74) is 4.99. The van der Waals surface area contributed by atoms with Crippen molar-refractivity contribution in [1.29, 1.82) is 0 Å². The highest BCUT2D eigenvalue weighted by molar-refractivity contribution is 7.92. The Hall–Kier alpha value is -3.80. The van der Waals surface area contributed by atoms with Gasteiger partial charge in [-0.15, -0.1) is 0 Å². The molecule has 1 aliphatic heterocycles. The Bertz CT molecular complexity index is 1730. The van der Waals surface area contributed by atoms with Gasteiger partial charge in [-0.1, -0.05) is 29.5 Å². The maximum absolute atomic E-state index is 11.8. The van der Waals surface area contributed by atoms with E-state index in [-0.39, 0.29) is 12.1 Å². The molecule has 0 spiro atoms. The quantitative estimate of drug-likeness (QED) is 0.271. The SMILES string of the molecule is Cc1cc(N2C(=S)N[C@H](c3ccccn3)[C@H]2c2cccn2-c2nc3ccccc3s2)ccc1NS(C)(=O)=O. The average molecular weight is 561 g/mol. The lowest BCUT2D eigenvalue weighted by Crippen LogP contribution is -2.30. The van der Waals surface area contributed by atoms with E-state index in [0.717, 1.165) is 44.2 Å². The Morgan fingerprint density at radius 2 is 1.87 bits per heavy atom. The number of anilines is 2. The van der Waals surface area contributed by atoms with Crippen molar-refractivity contribution in [2.24, 2.45) is 0 Å². The Labute approximate surface area is 230 Å². The van der Waals surface area contributed by atoms with Crippen LogP contribution < -0.4 is 14.9 Å². The monoisotopic (exact) mass is 560 g/mol. The van der Waals surface area contributed by atoms with Crippen molar-refractivity contribution < 1.29 is 8.42 Å². The molecule has 2 N–H and O–H groups in total. The molecule has 0 aliphatic carbocycles. The second kappa shape index (κ2) is 9.50. The van der Waals surface area contributed by atoms with Crippen LogP contribution in [-0.4, -0.2) is 34.3 Å². The Morgan fingerprint density at radius 3 is 2.61 bits per heavy atom. The summed E-state index contributed by atoms with van der Waals surface area (Å²) in [4.78, 5) is 11.6. The molecule has 5 aromatic rings. The molecule has 192 valence electrons. The van der Waals surface area contributed by atoms with Gasteiger partial charge < -0.3 is 10.2 Å². The molecule has 2 atom stereocenters. The maximum atomic E-state index is 11.8. The van der Waals surface area contributed by atoms with Crippen LogP contribution in [0.2, 0.25) is 0 Å². The van der Waals surface area contributed by atoms with Gasteiger partial charge in [-0.3, -0.25) is 14.3 Å². The highest BCUT2D eigenvalue weighted by Gasteiger charge is 2.42. The van der Waals surface area contributed by atoms with Gasteiger partial charge >= 0.3 is 0 Å². The molecule has 1 aliphatic rings. The first kappa shape index (κ1) is 24.5.